The summed E-state index contributed by atoms with van der Waals surface area (Å²) >= 11 is 1.08. The lowest BCUT2D eigenvalue weighted by atomic mass is 10.2. The monoisotopic (exact) mass is 300 g/mol. The van der Waals surface area contributed by atoms with Crippen molar-refractivity contribution in [3.63, 3.8) is 0 Å². The maximum atomic E-state index is 11.2. The number of rotatable bonds is 6. The fourth-order valence-electron chi connectivity index (χ4n) is 1.37. The Morgan fingerprint density at radius 3 is 2.50 bits per heavy atom. The summed E-state index contributed by atoms with van der Waals surface area (Å²) in [6, 6.07) is 3.41. The SMILES string of the molecule is COC(=O)C(C)CSc1ccc([N+](=O)[O-])cc1[N+](=O)[O-]. The summed E-state index contributed by atoms with van der Waals surface area (Å²) in [5.41, 5.74) is -0.691. The molecule has 0 saturated heterocycles. The van der Waals surface area contributed by atoms with Crippen LogP contribution in [0.25, 0.3) is 0 Å². The third-order valence-electron chi connectivity index (χ3n) is 2.44. The fraction of sp³-hybridized carbons (Fsp3) is 0.364. The van der Waals surface area contributed by atoms with E-state index in [-0.39, 0.29) is 22.0 Å². The van der Waals surface area contributed by atoms with E-state index in [1.165, 1.54) is 19.2 Å². The molecule has 1 rings (SSSR count). The lowest BCUT2D eigenvalue weighted by molar-refractivity contribution is -0.396. The second-order valence-electron chi connectivity index (χ2n) is 3.90. The number of hydrogen-bond donors (Lipinski definition) is 0. The molecule has 8 nitrogen and oxygen atoms in total. The van der Waals surface area contributed by atoms with E-state index < -0.39 is 21.7 Å². The van der Waals surface area contributed by atoms with Crippen molar-refractivity contribution in [1.29, 1.82) is 0 Å². The molecule has 0 spiro atoms. The first-order valence-corrected chi connectivity index (χ1v) is 6.48. The van der Waals surface area contributed by atoms with Crippen LogP contribution in [0.2, 0.25) is 0 Å². The number of non-ortho nitro benzene ring substituents is 1. The number of nitro benzene ring substituents is 2. The smallest absolute Gasteiger partial charge is 0.309 e. The van der Waals surface area contributed by atoms with Gasteiger partial charge in [-0.2, -0.15) is 0 Å². The minimum atomic E-state index is -0.696. The minimum Gasteiger partial charge on any atom is -0.469 e. The van der Waals surface area contributed by atoms with Gasteiger partial charge in [-0.1, -0.05) is 6.92 Å². The Kier molecular flexibility index (Phi) is 5.44. The zero-order valence-corrected chi connectivity index (χ0v) is 11.6. The fourth-order valence-corrected chi connectivity index (χ4v) is 2.38. The number of nitro groups is 2. The van der Waals surface area contributed by atoms with Crippen molar-refractivity contribution < 1.29 is 19.4 Å². The van der Waals surface area contributed by atoms with Crippen LogP contribution in [0.4, 0.5) is 11.4 Å². The summed E-state index contributed by atoms with van der Waals surface area (Å²) in [7, 11) is 1.26. The van der Waals surface area contributed by atoms with E-state index in [9.17, 15) is 25.0 Å². The molecule has 0 heterocycles. The molecule has 0 bridgehead atoms. The molecule has 0 aliphatic heterocycles. The Labute approximate surface area is 118 Å². The number of carbonyl (C=O) groups excluding carboxylic acids is 1. The average Bonchev–Trinajstić information content (AvgIpc) is 2.43. The average molecular weight is 300 g/mol. The maximum absolute atomic E-state index is 11.2. The standard InChI is InChI=1S/C11H12N2O6S/c1-7(11(14)19-2)6-20-10-4-3-8(12(15)16)5-9(10)13(17)18/h3-5,7H,6H2,1-2H3. The Morgan fingerprint density at radius 1 is 1.35 bits per heavy atom. The van der Waals surface area contributed by atoms with Gasteiger partial charge in [0.05, 0.1) is 33.8 Å². The highest BCUT2D eigenvalue weighted by molar-refractivity contribution is 7.99. The van der Waals surface area contributed by atoms with Gasteiger partial charge in [-0.15, -0.1) is 11.8 Å². The number of nitrogens with zero attached hydrogens (tertiary/aromatic N) is 2. The number of benzene rings is 1. The van der Waals surface area contributed by atoms with Gasteiger partial charge in [0, 0.05) is 11.8 Å². The molecule has 108 valence electrons. The molecule has 0 fully saturated rings. The normalized spacial score (nSPS) is 11.7. The van der Waals surface area contributed by atoms with Crippen LogP contribution < -0.4 is 0 Å². The highest BCUT2D eigenvalue weighted by Gasteiger charge is 2.21. The van der Waals surface area contributed by atoms with E-state index in [2.05, 4.69) is 4.74 Å². The second kappa shape index (κ2) is 6.85. The van der Waals surface area contributed by atoms with Crippen LogP contribution in [0, 0.1) is 26.1 Å². The first kappa shape index (κ1) is 15.9. The predicted octanol–water partition coefficient (Wildman–Crippen LogP) is 2.40. The summed E-state index contributed by atoms with van der Waals surface area (Å²) in [5, 5.41) is 21.5. The van der Waals surface area contributed by atoms with Gasteiger partial charge >= 0.3 is 5.97 Å². The molecule has 0 amide bonds. The summed E-state index contributed by atoms with van der Waals surface area (Å²) in [5.74, 6) is -0.562. The number of ether oxygens (including phenoxy) is 1. The van der Waals surface area contributed by atoms with Crippen LogP contribution in [0.5, 0.6) is 0 Å². The van der Waals surface area contributed by atoms with Crippen molar-refractivity contribution in [3.05, 3.63) is 38.4 Å². The molecule has 0 N–H and O–H groups in total. The van der Waals surface area contributed by atoms with Gasteiger partial charge in [-0.25, -0.2) is 0 Å². The topological polar surface area (TPSA) is 113 Å². The molecule has 0 aromatic heterocycles. The third-order valence-corrected chi connectivity index (χ3v) is 3.77. The van der Waals surface area contributed by atoms with Gasteiger partial charge in [-0.3, -0.25) is 25.0 Å². The molecule has 0 saturated carbocycles. The molecular formula is C11H12N2O6S. The van der Waals surface area contributed by atoms with E-state index in [1.54, 1.807) is 6.92 Å². The first-order chi connectivity index (χ1) is 9.36. The van der Waals surface area contributed by atoms with Crippen molar-refractivity contribution >= 4 is 29.1 Å². The van der Waals surface area contributed by atoms with Crippen LogP contribution in [0.3, 0.4) is 0 Å². The maximum Gasteiger partial charge on any atom is 0.309 e. The number of carbonyl (C=O) groups is 1. The number of hydrogen-bond acceptors (Lipinski definition) is 7. The van der Waals surface area contributed by atoms with E-state index in [0.717, 1.165) is 17.8 Å². The van der Waals surface area contributed by atoms with Crippen molar-refractivity contribution in [2.45, 2.75) is 11.8 Å². The summed E-state index contributed by atoms with van der Waals surface area (Å²) in [6.07, 6.45) is 0. The van der Waals surface area contributed by atoms with Crippen LogP contribution in [-0.2, 0) is 9.53 Å². The molecule has 0 aliphatic rings. The predicted molar refractivity (Wildman–Crippen MR) is 71.7 cm³/mol. The van der Waals surface area contributed by atoms with Crippen LogP contribution >= 0.6 is 11.8 Å². The summed E-state index contributed by atoms with van der Waals surface area (Å²) < 4.78 is 4.55. The third kappa shape index (κ3) is 3.92. The molecule has 9 heteroatoms. The van der Waals surface area contributed by atoms with E-state index in [0.29, 0.717) is 0 Å². The highest BCUT2D eigenvalue weighted by Crippen LogP contribution is 2.33. The first-order valence-electron chi connectivity index (χ1n) is 5.50. The summed E-state index contributed by atoms with van der Waals surface area (Å²) in [4.78, 5) is 31.6. The van der Waals surface area contributed by atoms with Gasteiger partial charge in [-0.05, 0) is 6.07 Å². The van der Waals surface area contributed by atoms with Crippen molar-refractivity contribution in [3.8, 4) is 0 Å². The van der Waals surface area contributed by atoms with Gasteiger partial charge in [0.1, 0.15) is 0 Å². The molecule has 1 aromatic rings. The van der Waals surface area contributed by atoms with Crippen molar-refractivity contribution in [2.75, 3.05) is 12.9 Å². The molecule has 1 unspecified atom stereocenters. The van der Waals surface area contributed by atoms with Crippen LogP contribution in [0.15, 0.2) is 23.1 Å². The largest absolute Gasteiger partial charge is 0.469 e. The molecule has 0 radical (unpaired) electrons. The molecular weight excluding hydrogens is 288 g/mol. The molecule has 0 aliphatic carbocycles. The molecule has 1 aromatic carbocycles. The zero-order valence-electron chi connectivity index (χ0n) is 10.8. The van der Waals surface area contributed by atoms with Gasteiger partial charge in [0.15, 0.2) is 0 Å². The van der Waals surface area contributed by atoms with E-state index >= 15 is 0 Å². The lowest BCUT2D eigenvalue weighted by Crippen LogP contribution is -2.14. The van der Waals surface area contributed by atoms with Crippen molar-refractivity contribution in [1.82, 2.24) is 0 Å². The van der Waals surface area contributed by atoms with E-state index in [1.807, 2.05) is 0 Å². The van der Waals surface area contributed by atoms with Crippen LogP contribution in [-0.4, -0.2) is 28.7 Å². The highest BCUT2D eigenvalue weighted by atomic mass is 32.2. The van der Waals surface area contributed by atoms with Gasteiger partial charge < -0.3 is 4.74 Å². The van der Waals surface area contributed by atoms with Gasteiger partial charge in [0.2, 0.25) is 0 Å². The number of methoxy groups -OCH3 is 1. The molecule has 20 heavy (non-hydrogen) atoms. The number of thioether (sulfide) groups is 1. The quantitative estimate of drug-likeness (QED) is 0.343. The Morgan fingerprint density at radius 2 is 2.00 bits per heavy atom. The second-order valence-corrected chi connectivity index (χ2v) is 4.96. The number of esters is 1. The zero-order chi connectivity index (χ0) is 15.3. The van der Waals surface area contributed by atoms with Gasteiger partial charge in [0.25, 0.3) is 11.4 Å². The lowest BCUT2D eigenvalue weighted by Gasteiger charge is -2.08. The molecule has 1 atom stereocenters. The van der Waals surface area contributed by atoms with E-state index in [4.69, 9.17) is 0 Å². The minimum absolute atomic E-state index is 0.274. The summed E-state index contributed by atoms with van der Waals surface area (Å²) in [6.45, 7) is 1.63. The Balaban J connectivity index is 2.92. The Bertz CT molecular complexity index is 548. The Hall–Kier alpha value is -2.16. The van der Waals surface area contributed by atoms with Crippen LogP contribution in [0.1, 0.15) is 6.92 Å². The van der Waals surface area contributed by atoms with Crippen molar-refractivity contribution in [2.24, 2.45) is 5.92 Å².